The van der Waals surface area contributed by atoms with Crippen molar-refractivity contribution in [3.8, 4) is 0 Å². The lowest BCUT2D eigenvalue weighted by Crippen LogP contribution is -2.39. The number of rotatable bonds is 4. The zero-order valence-electron chi connectivity index (χ0n) is 16.3. The summed E-state index contributed by atoms with van der Waals surface area (Å²) in [6.45, 7) is 1.36. The molecule has 4 rings (SSSR count). The second-order valence-corrected chi connectivity index (χ2v) is 7.77. The van der Waals surface area contributed by atoms with Crippen molar-refractivity contribution in [2.24, 2.45) is 7.05 Å². The number of carbonyl (C=O) groups excluding carboxylic acids is 1. The highest BCUT2D eigenvalue weighted by Crippen LogP contribution is 2.35. The Kier molecular flexibility index (Phi) is 5.36. The lowest BCUT2D eigenvalue weighted by Gasteiger charge is -2.32. The SMILES string of the molecule is Cn1nc(CN2CCCc3cccc(NC(=O)NC4CCCCC4)c32)[nH]c1=O. The fourth-order valence-electron chi connectivity index (χ4n) is 4.30. The van der Waals surface area contributed by atoms with Crippen molar-refractivity contribution in [1.29, 1.82) is 0 Å². The number of aromatic amines is 1. The summed E-state index contributed by atoms with van der Waals surface area (Å²) >= 11 is 0. The van der Waals surface area contributed by atoms with E-state index < -0.39 is 0 Å². The third-order valence-electron chi connectivity index (χ3n) is 5.66. The second kappa shape index (κ2) is 8.08. The monoisotopic (exact) mass is 384 g/mol. The second-order valence-electron chi connectivity index (χ2n) is 7.77. The fraction of sp³-hybridized carbons (Fsp3) is 0.550. The number of nitrogens with zero attached hydrogens (tertiary/aromatic N) is 3. The summed E-state index contributed by atoms with van der Waals surface area (Å²) in [7, 11) is 1.63. The molecule has 2 aliphatic rings. The molecule has 1 aliphatic carbocycles. The summed E-state index contributed by atoms with van der Waals surface area (Å²) in [5, 5.41) is 10.4. The molecule has 0 bridgehead atoms. The van der Waals surface area contributed by atoms with Gasteiger partial charge < -0.3 is 15.5 Å². The molecule has 8 heteroatoms. The number of nitrogens with one attached hydrogen (secondary N) is 3. The summed E-state index contributed by atoms with van der Waals surface area (Å²) in [6, 6.07) is 6.16. The largest absolute Gasteiger partial charge is 0.362 e. The number of urea groups is 1. The van der Waals surface area contributed by atoms with Gasteiger partial charge in [0.1, 0.15) is 0 Å². The number of amides is 2. The molecule has 150 valence electrons. The molecule has 0 saturated heterocycles. The first kappa shape index (κ1) is 18.6. The minimum absolute atomic E-state index is 0.142. The van der Waals surface area contributed by atoms with Gasteiger partial charge in [0.2, 0.25) is 0 Å². The number of anilines is 2. The lowest BCUT2D eigenvalue weighted by atomic mass is 9.96. The molecule has 2 heterocycles. The maximum Gasteiger partial charge on any atom is 0.343 e. The van der Waals surface area contributed by atoms with Crippen LogP contribution in [0, 0.1) is 0 Å². The van der Waals surface area contributed by atoms with Gasteiger partial charge in [-0.2, -0.15) is 5.10 Å². The lowest BCUT2D eigenvalue weighted by molar-refractivity contribution is 0.244. The first-order valence-electron chi connectivity index (χ1n) is 10.2. The molecule has 1 aromatic carbocycles. The van der Waals surface area contributed by atoms with Gasteiger partial charge in [0.15, 0.2) is 5.82 Å². The summed E-state index contributed by atoms with van der Waals surface area (Å²) in [5.41, 5.74) is 2.83. The maximum absolute atomic E-state index is 12.6. The highest BCUT2D eigenvalue weighted by Gasteiger charge is 2.23. The Hall–Kier alpha value is -2.77. The van der Waals surface area contributed by atoms with Crippen LogP contribution in [0.1, 0.15) is 49.9 Å². The van der Waals surface area contributed by atoms with E-state index in [0.717, 1.165) is 43.6 Å². The number of para-hydroxylation sites is 1. The van der Waals surface area contributed by atoms with Crippen molar-refractivity contribution in [2.45, 2.75) is 57.5 Å². The fourth-order valence-corrected chi connectivity index (χ4v) is 4.30. The third-order valence-corrected chi connectivity index (χ3v) is 5.66. The van der Waals surface area contributed by atoms with Gasteiger partial charge in [0.25, 0.3) is 0 Å². The number of aryl methyl sites for hydroxylation is 2. The smallest absolute Gasteiger partial charge is 0.343 e. The number of fused-ring (bicyclic) bond motifs is 1. The van der Waals surface area contributed by atoms with Crippen LogP contribution in [-0.4, -0.2) is 33.4 Å². The predicted octanol–water partition coefficient (Wildman–Crippen LogP) is 2.52. The van der Waals surface area contributed by atoms with Crippen LogP contribution in [0.5, 0.6) is 0 Å². The van der Waals surface area contributed by atoms with Crippen LogP contribution in [0.25, 0.3) is 0 Å². The average Bonchev–Trinajstić information content (AvgIpc) is 3.00. The number of aromatic nitrogens is 3. The summed E-state index contributed by atoms with van der Waals surface area (Å²) in [6.07, 6.45) is 7.74. The van der Waals surface area contributed by atoms with E-state index in [0.29, 0.717) is 12.4 Å². The number of hydrogen-bond donors (Lipinski definition) is 3. The van der Waals surface area contributed by atoms with Gasteiger partial charge >= 0.3 is 11.7 Å². The normalized spacial score (nSPS) is 17.2. The van der Waals surface area contributed by atoms with Gasteiger partial charge in [0.05, 0.1) is 17.9 Å². The molecule has 0 spiro atoms. The van der Waals surface area contributed by atoms with E-state index in [9.17, 15) is 9.59 Å². The summed E-state index contributed by atoms with van der Waals surface area (Å²) in [4.78, 5) is 29.2. The predicted molar refractivity (Wildman–Crippen MR) is 109 cm³/mol. The van der Waals surface area contributed by atoms with Crippen molar-refractivity contribution >= 4 is 17.4 Å². The number of hydrogen-bond acceptors (Lipinski definition) is 4. The molecule has 0 unspecified atom stereocenters. The van der Waals surface area contributed by atoms with Gasteiger partial charge in [-0.3, -0.25) is 4.98 Å². The van der Waals surface area contributed by atoms with Crippen LogP contribution in [0.15, 0.2) is 23.0 Å². The molecule has 2 aromatic rings. The topological polar surface area (TPSA) is 95.1 Å². The van der Waals surface area contributed by atoms with E-state index >= 15 is 0 Å². The molecule has 0 radical (unpaired) electrons. The maximum atomic E-state index is 12.6. The van der Waals surface area contributed by atoms with E-state index in [2.05, 4.69) is 31.7 Å². The Labute approximate surface area is 164 Å². The Bertz CT molecular complexity index is 896. The molecule has 3 N–H and O–H groups in total. The zero-order chi connectivity index (χ0) is 19.5. The molecule has 0 atom stereocenters. The first-order chi connectivity index (χ1) is 13.6. The Morgan fingerprint density at radius 1 is 1.25 bits per heavy atom. The van der Waals surface area contributed by atoms with Crippen molar-refractivity contribution in [1.82, 2.24) is 20.1 Å². The molecule has 28 heavy (non-hydrogen) atoms. The quantitative estimate of drug-likeness (QED) is 0.755. The first-order valence-corrected chi connectivity index (χ1v) is 10.2. The number of benzene rings is 1. The van der Waals surface area contributed by atoms with Gasteiger partial charge in [-0.05, 0) is 37.3 Å². The highest BCUT2D eigenvalue weighted by atomic mass is 16.2. The molecular formula is C20H28N6O2. The molecular weight excluding hydrogens is 356 g/mol. The van der Waals surface area contributed by atoms with Crippen LogP contribution in [-0.2, 0) is 20.0 Å². The number of carbonyl (C=O) groups is 1. The van der Waals surface area contributed by atoms with Crippen molar-refractivity contribution in [3.63, 3.8) is 0 Å². The van der Waals surface area contributed by atoms with Crippen molar-refractivity contribution in [3.05, 3.63) is 40.1 Å². The van der Waals surface area contributed by atoms with E-state index in [1.165, 1.54) is 29.5 Å². The summed E-state index contributed by atoms with van der Waals surface area (Å²) in [5.74, 6) is 0.627. The van der Waals surface area contributed by atoms with Crippen LogP contribution in [0.2, 0.25) is 0 Å². The van der Waals surface area contributed by atoms with Gasteiger partial charge in [-0.15, -0.1) is 0 Å². The van der Waals surface area contributed by atoms with Gasteiger partial charge in [-0.25, -0.2) is 14.3 Å². The van der Waals surface area contributed by atoms with E-state index in [4.69, 9.17) is 0 Å². The minimum Gasteiger partial charge on any atom is -0.362 e. The Morgan fingerprint density at radius 3 is 2.82 bits per heavy atom. The Balaban J connectivity index is 1.52. The van der Waals surface area contributed by atoms with E-state index in [1.807, 2.05) is 12.1 Å². The zero-order valence-corrected chi connectivity index (χ0v) is 16.3. The third kappa shape index (κ3) is 4.05. The van der Waals surface area contributed by atoms with E-state index in [1.54, 1.807) is 7.05 Å². The van der Waals surface area contributed by atoms with Crippen molar-refractivity contribution in [2.75, 3.05) is 16.8 Å². The van der Waals surface area contributed by atoms with Crippen LogP contribution < -0.4 is 21.2 Å². The highest BCUT2D eigenvalue weighted by molar-refractivity contribution is 5.94. The molecule has 1 saturated carbocycles. The molecule has 2 amide bonds. The van der Waals surface area contributed by atoms with Gasteiger partial charge in [0, 0.05) is 19.6 Å². The Morgan fingerprint density at radius 2 is 2.07 bits per heavy atom. The standard InChI is InChI=1S/C20H28N6O2/c1-25-20(28)23-17(24-25)13-26-12-6-8-14-7-5-11-16(18(14)26)22-19(27)21-15-9-3-2-4-10-15/h5,7,11,15H,2-4,6,8-10,12-13H2,1H3,(H2,21,22,27)(H,23,24,28). The van der Waals surface area contributed by atoms with Crippen LogP contribution in [0.3, 0.4) is 0 Å². The van der Waals surface area contributed by atoms with E-state index in [-0.39, 0.29) is 17.8 Å². The number of H-pyrrole nitrogens is 1. The van der Waals surface area contributed by atoms with Crippen molar-refractivity contribution < 1.29 is 4.79 Å². The molecule has 1 aromatic heterocycles. The minimum atomic E-state index is -0.217. The van der Waals surface area contributed by atoms with Crippen LogP contribution in [0.4, 0.5) is 16.2 Å². The molecule has 8 nitrogen and oxygen atoms in total. The van der Waals surface area contributed by atoms with Gasteiger partial charge in [-0.1, -0.05) is 31.4 Å². The summed E-state index contributed by atoms with van der Waals surface area (Å²) < 4.78 is 1.31. The average molecular weight is 384 g/mol. The molecule has 1 aliphatic heterocycles. The van der Waals surface area contributed by atoms with Crippen LogP contribution >= 0.6 is 0 Å². The molecule has 1 fully saturated rings.